The third-order valence-electron chi connectivity index (χ3n) is 1.90. The van der Waals surface area contributed by atoms with Crippen LogP contribution in [0.4, 0.5) is 5.69 Å². The van der Waals surface area contributed by atoms with Gasteiger partial charge in [0.2, 0.25) is 0 Å². The van der Waals surface area contributed by atoms with Crippen molar-refractivity contribution in [1.29, 1.82) is 0 Å². The average molecular weight is 242 g/mol. The lowest BCUT2D eigenvalue weighted by atomic mass is 10.2. The van der Waals surface area contributed by atoms with Gasteiger partial charge in [0.05, 0.1) is 5.69 Å². The van der Waals surface area contributed by atoms with Gasteiger partial charge in [0.25, 0.3) is 0 Å². The van der Waals surface area contributed by atoms with Crippen molar-refractivity contribution < 1.29 is 9.90 Å². The topological polar surface area (TPSA) is 64.9 Å². The lowest BCUT2D eigenvalue weighted by Gasteiger charge is -2.19. The number of carboxylic acid groups (broad SMARTS) is 1. The molecule has 16 heavy (non-hydrogen) atoms. The fourth-order valence-corrected chi connectivity index (χ4v) is 1.28. The summed E-state index contributed by atoms with van der Waals surface area (Å²) in [5.41, 5.74) is 4.44. The molecule has 0 aromatic heterocycles. The molecule has 0 radical (unpaired) electrons. The van der Waals surface area contributed by atoms with E-state index >= 15 is 0 Å². The maximum absolute atomic E-state index is 10.5. The van der Waals surface area contributed by atoms with E-state index in [1.54, 1.807) is 12.1 Å². The van der Waals surface area contributed by atoms with Crippen LogP contribution >= 0.6 is 11.6 Å². The summed E-state index contributed by atoms with van der Waals surface area (Å²) in [6, 6.07) is 5.27. The largest absolute Gasteiger partial charge is 0.480 e. The number of carbonyl (C=O) groups is 1. The number of nitrogens with zero attached hydrogens (tertiary/aromatic N) is 2. The van der Waals surface area contributed by atoms with Crippen LogP contribution in [-0.4, -0.2) is 29.5 Å². The highest BCUT2D eigenvalue weighted by Crippen LogP contribution is 2.20. The predicted octanol–water partition coefficient (Wildman–Crippen LogP) is 1.98. The molecule has 6 heteroatoms. The van der Waals surface area contributed by atoms with Gasteiger partial charge in [0, 0.05) is 11.7 Å². The fourth-order valence-electron chi connectivity index (χ4n) is 1.11. The standard InChI is InChI=1S/C10H12ClN3O2/c1-7-3-4-8(11)5-9(7)13-14(12-2)6-10(15)16/h3-5,13H,2,6H2,1H3,(H,15,16). The van der Waals surface area contributed by atoms with Crippen molar-refractivity contribution in [2.24, 2.45) is 5.10 Å². The molecule has 0 spiro atoms. The van der Waals surface area contributed by atoms with Gasteiger partial charge >= 0.3 is 5.97 Å². The van der Waals surface area contributed by atoms with Gasteiger partial charge < -0.3 is 5.11 Å². The number of aliphatic carboxylic acids is 1. The van der Waals surface area contributed by atoms with E-state index in [-0.39, 0.29) is 6.54 Å². The van der Waals surface area contributed by atoms with E-state index in [1.165, 1.54) is 0 Å². The van der Waals surface area contributed by atoms with E-state index in [9.17, 15) is 4.79 Å². The molecule has 0 atom stereocenters. The van der Waals surface area contributed by atoms with Crippen LogP contribution in [0.25, 0.3) is 0 Å². The lowest BCUT2D eigenvalue weighted by molar-refractivity contribution is -0.137. The maximum atomic E-state index is 10.5. The second-order valence-corrected chi connectivity index (χ2v) is 3.60. The number of hydrazone groups is 1. The highest BCUT2D eigenvalue weighted by atomic mass is 35.5. The summed E-state index contributed by atoms with van der Waals surface area (Å²) in [5, 5.41) is 13.9. The smallest absolute Gasteiger partial charge is 0.327 e. The van der Waals surface area contributed by atoms with Crippen LogP contribution < -0.4 is 5.43 Å². The molecule has 86 valence electrons. The summed E-state index contributed by atoms with van der Waals surface area (Å²) in [6.45, 7) is 4.87. The van der Waals surface area contributed by atoms with Crippen molar-refractivity contribution >= 4 is 30.0 Å². The van der Waals surface area contributed by atoms with Crippen LogP contribution in [0.2, 0.25) is 5.02 Å². The van der Waals surface area contributed by atoms with Gasteiger partial charge in [-0.05, 0) is 24.6 Å². The molecule has 0 aliphatic heterocycles. The number of anilines is 1. The van der Waals surface area contributed by atoms with Crippen LogP contribution in [-0.2, 0) is 4.79 Å². The van der Waals surface area contributed by atoms with Gasteiger partial charge in [-0.3, -0.25) is 10.2 Å². The van der Waals surface area contributed by atoms with Crippen LogP contribution in [0, 0.1) is 6.92 Å². The molecule has 0 amide bonds. The minimum absolute atomic E-state index is 0.282. The molecule has 0 heterocycles. The van der Waals surface area contributed by atoms with Gasteiger partial charge in [0.15, 0.2) is 6.54 Å². The molecule has 0 bridgehead atoms. The van der Waals surface area contributed by atoms with Crippen molar-refractivity contribution in [2.75, 3.05) is 12.0 Å². The molecule has 2 N–H and O–H groups in total. The van der Waals surface area contributed by atoms with Gasteiger partial charge in [-0.2, -0.15) is 10.2 Å². The first-order valence-electron chi connectivity index (χ1n) is 4.51. The van der Waals surface area contributed by atoms with E-state index < -0.39 is 5.97 Å². The first-order chi connectivity index (χ1) is 7.52. The Bertz CT molecular complexity index is 409. The van der Waals surface area contributed by atoms with Crippen LogP contribution in [0.15, 0.2) is 23.3 Å². The van der Waals surface area contributed by atoms with E-state index in [2.05, 4.69) is 17.2 Å². The predicted molar refractivity (Wildman–Crippen MR) is 63.7 cm³/mol. The fraction of sp³-hybridized carbons (Fsp3) is 0.200. The van der Waals surface area contributed by atoms with E-state index in [1.807, 2.05) is 13.0 Å². The first-order valence-corrected chi connectivity index (χ1v) is 4.89. The molecule has 0 fully saturated rings. The Morgan fingerprint density at radius 1 is 1.69 bits per heavy atom. The Morgan fingerprint density at radius 3 is 2.94 bits per heavy atom. The highest BCUT2D eigenvalue weighted by molar-refractivity contribution is 6.30. The van der Waals surface area contributed by atoms with Crippen molar-refractivity contribution in [1.82, 2.24) is 5.12 Å². The normalized spacial score (nSPS) is 9.62. The first kappa shape index (κ1) is 12.3. The van der Waals surface area contributed by atoms with E-state index in [0.29, 0.717) is 10.7 Å². The zero-order valence-electron chi connectivity index (χ0n) is 8.77. The van der Waals surface area contributed by atoms with Crippen molar-refractivity contribution in [3.05, 3.63) is 28.8 Å². The van der Waals surface area contributed by atoms with Crippen LogP contribution in [0.3, 0.4) is 0 Å². The van der Waals surface area contributed by atoms with Crippen molar-refractivity contribution in [3.8, 4) is 0 Å². The number of hydrazine groups is 1. The molecule has 1 rings (SSSR count). The maximum Gasteiger partial charge on any atom is 0.327 e. The summed E-state index contributed by atoms with van der Waals surface area (Å²) in [5.74, 6) is -1.00. The lowest BCUT2D eigenvalue weighted by Crippen LogP contribution is -2.30. The Kier molecular flexibility index (Phi) is 4.13. The summed E-state index contributed by atoms with van der Waals surface area (Å²) in [7, 11) is 0. The van der Waals surface area contributed by atoms with Crippen LogP contribution in [0.5, 0.6) is 0 Å². The molecule has 1 aromatic rings. The van der Waals surface area contributed by atoms with Gasteiger partial charge in [-0.25, -0.2) is 0 Å². The summed E-state index contributed by atoms with van der Waals surface area (Å²) >= 11 is 5.83. The number of nitrogens with one attached hydrogen (secondary N) is 1. The minimum Gasteiger partial charge on any atom is -0.480 e. The number of hydrogen-bond acceptors (Lipinski definition) is 4. The van der Waals surface area contributed by atoms with Gasteiger partial charge in [0.1, 0.15) is 0 Å². The molecule has 0 unspecified atom stereocenters. The number of carboxylic acids is 1. The zero-order valence-corrected chi connectivity index (χ0v) is 9.53. The molecular weight excluding hydrogens is 230 g/mol. The molecule has 0 aliphatic rings. The molecule has 5 nitrogen and oxygen atoms in total. The molecule has 0 saturated carbocycles. The third kappa shape index (κ3) is 3.43. The molecule has 0 aliphatic carbocycles. The Hall–Kier alpha value is -1.75. The van der Waals surface area contributed by atoms with E-state index in [4.69, 9.17) is 16.7 Å². The van der Waals surface area contributed by atoms with Gasteiger partial charge in [-0.1, -0.05) is 17.7 Å². The average Bonchev–Trinajstić information content (AvgIpc) is 2.21. The van der Waals surface area contributed by atoms with Gasteiger partial charge in [-0.15, -0.1) is 0 Å². The third-order valence-corrected chi connectivity index (χ3v) is 2.14. The van der Waals surface area contributed by atoms with Crippen molar-refractivity contribution in [3.63, 3.8) is 0 Å². The molecule has 1 aromatic carbocycles. The Morgan fingerprint density at radius 2 is 2.38 bits per heavy atom. The molecular formula is C10H12ClN3O2. The quantitative estimate of drug-likeness (QED) is 0.611. The SMILES string of the molecule is C=NN(CC(=O)O)Nc1cc(Cl)ccc1C. The number of halogens is 1. The highest BCUT2D eigenvalue weighted by Gasteiger charge is 2.07. The summed E-state index contributed by atoms with van der Waals surface area (Å²) < 4.78 is 0. The molecule has 0 saturated heterocycles. The zero-order chi connectivity index (χ0) is 12.1. The Balaban J connectivity index is 2.80. The number of benzene rings is 1. The second-order valence-electron chi connectivity index (χ2n) is 3.16. The number of rotatable bonds is 5. The summed E-state index contributed by atoms with van der Waals surface area (Å²) in [6.07, 6.45) is 0. The van der Waals surface area contributed by atoms with E-state index in [0.717, 1.165) is 10.7 Å². The Labute approximate surface area is 98.3 Å². The summed E-state index contributed by atoms with van der Waals surface area (Å²) in [4.78, 5) is 10.5. The minimum atomic E-state index is -1.00. The van der Waals surface area contributed by atoms with Crippen molar-refractivity contribution in [2.45, 2.75) is 6.92 Å². The van der Waals surface area contributed by atoms with Crippen LogP contribution in [0.1, 0.15) is 5.56 Å². The monoisotopic (exact) mass is 241 g/mol. The number of hydrogen-bond donors (Lipinski definition) is 2. The number of aryl methyl sites for hydroxylation is 1. The second kappa shape index (κ2) is 5.37.